The molecule has 2 N–H and O–H groups in total. The van der Waals surface area contributed by atoms with Gasteiger partial charge in [-0.1, -0.05) is 6.92 Å². The van der Waals surface area contributed by atoms with Crippen molar-refractivity contribution in [1.82, 2.24) is 9.38 Å². The number of hydrogen-bond donors (Lipinski definition) is 1. The fraction of sp³-hybridized carbons (Fsp3) is 0.364. The summed E-state index contributed by atoms with van der Waals surface area (Å²) in [5, 5.41) is 0. The molecule has 2 heterocycles. The van der Waals surface area contributed by atoms with E-state index >= 15 is 0 Å². The smallest absolute Gasteiger partial charge is 0.140 e. The van der Waals surface area contributed by atoms with Crippen molar-refractivity contribution in [2.24, 2.45) is 0 Å². The largest absolute Gasteiger partial charge is 0.383 e. The zero-order valence-corrected chi connectivity index (χ0v) is 9.93. The Kier molecular flexibility index (Phi) is 3.33. The molecule has 0 saturated carbocycles. The summed E-state index contributed by atoms with van der Waals surface area (Å²) in [6.45, 7) is 2.12. The maximum Gasteiger partial charge on any atom is 0.140 e. The first-order valence-electron chi connectivity index (χ1n) is 5.22. The van der Waals surface area contributed by atoms with Crippen LogP contribution in [0.2, 0.25) is 0 Å². The summed E-state index contributed by atoms with van der Waals surface area (Å²) in [6, 6.07) is 3.04. The molecule has 2 rings (SSSR count). The second-order valence-corrected chi connectivity index (χ2v) is 4.86. The van der Waals surface area contributed by atoms with Crippen LogP contribution in [0.15, 0.2) is 18.3 Å². The van der Waals surface area contributed by atoms with E-state index in [0.717, 1.165) is 23.6 Å². The number of halogens is 1. The Morgan fingerprint density at radius 2 is 2.31 bits per heavy atom. The van der Waals surface area contributed by atoms with E-state index < -0.39 is 0 Å². The van der Waals surface area contributed by atoms with Crippen LogP contribution < -0.4 is 5.73 Å². The van der Waals surface area contributed by atoms with E-state index in [2.05, 4.69) is 11.9 Å². The highest BCUT2D eigenvalue weighted by atomic mass is 32.2. The second kappa shape index (κ2) is 4.74. The van der Waals surface area contributed by atoms with Crippen LogP contribution in [-0.2, 0) is 6.42 Å². The molecule has 0 spiro atoms. The van der Waals surface area contributed by atoms with Gasteiger partial charge in [0.1, 0.15) is 17.3 Å². The van der Waals surface area contributed by atoms with Gasteiger partial charge < -0.3 is 5.73 Å². The van der Waals surface area contributed by atoms with Gasteiger partial charge in [0, 0.05) is 12.6 Å². The van der Waals surface area contributed by atoms with E-state index in [1.54, 1.807) is 10.5 Å². The van der Waals surface area contributed by atoms with Crippen LogP contribution in [0.4, 0.5) is 10.2 Å². The molecule has 0 unspecified atom stereocenters. The number of anilines is 1. The van der Waals surface area contributed by atoms with Gasteiger partial charge in [-0.25, -0.2) is 9.37 Å². The second-order valence-electron chi connectivity index (χ2n) is 3.47. The SMILES string of the molecule is CCSCCc1nc2ccc(F)cn2c1N. The highest BCUT2D eigenvalue weighted by Gasteiger charge is 2.09. The molecule has 0 aliphatic heterocycles. The molecule has 0 aliphatic rings. The zero-order valence-electron chi connectivity index (χ0n) is 9.11. The molecule has 0 fully saturated rings. The summed E-state index contributed by atoms with van der Waals surface area (Å²) >= 11 is 1.85. The molecule has 0 saturated heterocycles. The summed E-state index contributed by atoms with van der Waals surface area (Å²) in [5.41, 5.74) is 7.47. The lowest BCUT2D eigenvalue weighted by Crippen LogP contribution is -1.98. The summed E-state index contributed by atoms with van der Waals surface area (Å²) < 4.78 is 14.6. The van der Waals surface area contributed by atoms with Gasteiger partial charge in [0.15, 0.2) is 0 Å². The Hall–Kier alpha value is -1.23. The van der Waals surface area contributed by atoms with Crippen LogP contribution in [0.25, 0.3) is 5.65 Å². The molecule has 0 amide bonds. The zero-order chi connectivity index (χ0) is 11.5. The minimum absolute atomic E-state index is 0.300. The number of rotatable bonds is 4. The van der Waals surface area contributed by atoms with E-state index in [1.807, 2.05) is 11.8 Å². The van der Waals surface area contributed by atoms with Gasteiger partial charge in [0.2, 0.25) is 0 Å². The Bertz CT molecular complexity index is 495. The molecule has 5 heteroatoms. The third kappa shape index (κ3) is 2.14. The van der Waals surface area contributed by atoms with Gasteiger partial charge in [0.05, 0.1) is 5.69 Å². The molecule has 0 radical (unpaired) electrons. The summed E-state index contributed by atoms with van der Waals surface area (Å²) in [5.74, 6) is 2.33. The van der Waals surface area contributed by atoms with E-state index in [4.69, 9.17) is 5.73 Å². The van der Waals surface area contributed by atoms with Crippen molar-refractivity contribution in [2.45, 2.75) is 13.3 Å². The van der Waals surface area contributed by atoms with Crippen LogP contribution in [0.1, 0.15) is 12.6 Å². The van der Waals surface area contributed by atoms with Gasteiger partial charge >= 0.3 is 0 Å². The van der Waals surface area contributed by atoms with Crippen LogP contribution in [0.3, 0.4) is 0 Å². The van der Waals surface area contributed by atoms with E-state index in [-0.39, 0.29) is 5.82 Å². The molecule has 0 aromatic carbocycles. The van der Waals surface area contributed by atoms with Crippen molar-refractivity contribution in [1.29, 1.82) is 0 Å². The first-order valence-corrected chi connectivity index (χ1v) is 6.37. The highest BCUT2D eigenvalue weighted by molar-refractivity contribution is 7.99. The molecule has 0 atom stereocenters. The average Bonchev–Trinajstić information content (AvgIpc) is 2.57. The molecular weight excluding hydrogens is 225 g/mol. The van der Waals surface area contributed by atoms with Crippen molar-refractivity contribution in [3.63, 3.8) is 0 Å². The number of nitrogen functional groups attached to an aromatic ring is 1. The predicted molar refractivity (Wildman–Crippen MR) is 66.3 cm³/mol. The van der Waals surface area contributed by atoms with E-state index in [9.17, 15) is 4.39 Å². The van der Waals surface area contributed by atoms with Crippen molar-refractivity contribution < 1.29 is 4.39 Å². The minimum Gasteiger partial charge on any atom is -0.383 e. The lowest BCUT2D eigenvalue weighted by atomic mass is 10.3. The van der Waals surface area contributed by atoms with Gasteiger partial charge in [0.25, 0.3) is 0 Å². The Morgan fingerprint density at radius 1 is 1.50 bits per heavy atom. The van der Waals surface area contributed by atoms with Crippen molar-refractivity contribution in [3.8, 4) is 0 Å². The van der Waals surface area contributed by atoms with Gasteiger partial charge in [-0.05, 0) is 23.6 Å². The number of fused-ring (bicyclic) bond motifs is 1. The highest BCUT2D eigenvalue weighted by Crippen LogP contribution is 2.17. The summed E-state index contributed by atoms with van der Waals surface area (Å²) in [6.07, 6.45) is 2.20. The topological polar surface area (TPSA) is 43.3 Å². The molecule has 86 valence electrons. The average molecular weight is 239 g/mol. The van der Waals surface area contributed by atoms with E-state index in [0.29, 0.717) is 11.5 Å². The first-order chi connectivity index (χ1) is 7.72. The predicted octanol–water partition coefficient (Wildman–Crippen LogP) is 2.35. The number of aryl methyl sites for hydroxylation is 1. The molecule has 2 aromatic rings. The molecule has 0 aliphatic carbocycles. The molecule has 2 aromatic heterocycles. The standard InChI is InChI=1S/C11H14FN3S/c1-2-16-6-5-9-11(13)15-7-8(12)3-4-10(15)14-9/h3-4,7H,2,5-6,13H2,1H3. The van der Waals surface area contributed by atoms with Gasteiger partial charge in [-0.2, -0.15) is 11.8 Å². The summed E-state index contributed by atoms with van der Waals surface area (Å²) in [4.78, 5) is 4.38. The Labute approximate surface area is 97.9 Å². The van der Waals surface area contributed by atoms with Crippen LogP contribution in [0.5, 0.6) is 0 Å². The number of hydrogen-bond acceptors (Lipinski definition) is 3. The summed E-state index contributed by atoms with van der Waals surface area (Å²) in [7, 11) is 0. The first kappa shape index (κ1) is 11.3. The molecular formula is C11H14FN3S. The fourth-order valence-electron chi connectivity index (χ4n) is 1.58. The number of pyridine rings is 1. The van der Waals surface area contributed by atoms with Gasteiger partial charge in [-0.15, -0.1) is 0 Å². The normalized spacial score (nSPS) is 11.1. The third-order valence-electron chi connectivity index (χ3n) is 2.38. The lowest BCUT2D eigenvalue weighted by molar-refractivity contribution is 0.619. The maximum absolute atomic E-state index is 13.0. The monoisotopic (exact) mass is 239 g/mol. The van der Waals surface area contributed by atoms with Crippen LogP contribution in [0, 0.1) is 5.82 Å². The molecule has 16 heavy (non-hydrogen) atoms. The van der Waals surface area contributed by atoms with Gasteiger partial charge in [-0.3, -0.25) is 4.40 Å². The number of aromatic nitrogens is 2. The van der Waals surface area contributed by atoms with Crippen molar-refractivity contribution >= 4 is 23.2 Å². The molecule has 3 nitrogen and oxygen atoms in total. The number of nitrogens with two attached hydrogens (primary N) is 1. The minimum atomic E-state index is -0.300. The molecule has 0 bridgehead atoms. The van der Waals surface area contributed by atoms with Crippen LogP contribution >= 0.6 is 11.8 Å². The maximum atomic E-state index is 13.0. The number of imidazole rings is 1. The van der Waals surface area contributed by atoms with E-state index in [1.165, 1.54) is 12.3 Å². The fourth-order valence-corrected chi connectivity index (χ4v) is 2.21. The Balaban J connectivity index is 2.29. The lowest BCUT2D eigenvalue weighted by Gasteiger charge is -1.98. The quantitative estimate of drug-likeness (QED) is 0.833. The Morgan fingerprint density at radius 3 is 3.06 bits per heavy atom. The number of thioether (sulfide) groups is 1. The van der Waals surface area contributed by atoms with Crippen molar-refractivity contribution in [2.75, 3.05) is 17.2 Å². The third-order valence-corrected chi connectivity index (χ3v) is 3.28. The number of nitrogens with zero attached hydrogens (tertiary/aromatic N) is 2. The van der Waals surface area contributed by atoms with Crippen molar-refractivity contribution in [3.05, 3.63) is 29.8 Å². The van der Waals surface area contributed by atoms with Crippen LogP contribution in [-0.4, -0.2) is 20.9 Å².